The number of aryl methyl sites for hydroxylation is 1. The summed E-state index contributed by atoms with van der Waals surface area (Å²) in [6.07, 6.45) is 0.104. The molecule has 2 rings (SSSR count). The first-order valence-corrected chi connectivity index (χ1v) is 6.50. The number of hydrogen-bond donors (Lipinski definition) is 1. The standard InChI is InChI=1S/C11H16N2O3S/c1-8-7-17-11(12-8)9(6-10(14)15)13-2-4-16-5-3-13/h7,9H,2-6H2,1H3,(H,14,15). The van der Waals surface area contributed by atoms with Crippen LogP contribution >= 0.6 is 11.3 Å². The van der Waals surface area contributed by atoms with Crippen LogP contribution in [0.5, 0.6) is 0 Å². The fraction of sp³-hybridized carbons (Fsp3) is 0.636. The van der Waals surface area contributed by atoms with Crippen LogP contribution in [0.2, 0.25) is 0 Å². The molecule has 0 amide bonds. The van der Waals surface area contributed by atoms with Gasteiger partial charge in [-0.05, 0) is 6.92 Å². The second-order valence-electron chi connectivity index (χ2n) is 4.09. The largest absolute Gasteiger partial charge is 0.481 e. The molecule has 1 aromatic heterocycles. The van der Waals surface area contributed by atoms with E-state index in [0.29, 0.717) is 13.2 Å². The van der Waals surface area contributed by atoms with Crippen molar-refractivity contribution < 1.29 is 14.6 Å². The van der Waals surface area contributed by atoms with Crippen molar-refractivity contribution in [2.75, 3.05) is 26.3 Å². The highest BCUT2D eigenvalue weighted by molar-refractivity contribution is 7.09. The van der Waals surface area contributed by atoms with E-state index in [9.17, 15) is 4.79 Å². The molecule has 1 aliphatic rings. The molecule has 1 saturated heterocycles. The van der Waals surface area contributed by atoms with Crippen molar-refractivity contribution in [2.24, 2.45) is 0 Å². The van der Waals surface area contributed by atoms with Crippen LogP contribution in [0.4, 0.5) is 0 Å². The van der Waals surface area contributed by atoms with Gasteiger partial charge in [0.05, 0.1) is 25.7 Å². The van der Waals surface area contributed by atoms with Crippen molar-refractivity contribution in [3.05, 3.63) is 16.1 Å². The van der Waals surface area contributed by atoms with E-state index in [1.54, 1.807) is 0 Å². The number of carboxylic acids is 1. The van der Waals surface area contributed by atoms with Gasteiger partial charge in [0.15, 0.2) is 0 Å². The van der Waals surface area contributed by atoms with E-state index in [-0.39, 0.29) is 12.5 Å². The third-order valence-corrected chi connectivity index (χ3v) is 3.84. The number of ether oxygens (including phenoxy) is 1. The average molecular weight is 256 g/mol. The van der Waals surface area contributed by atoms with Crippen LogP contribution in [0, 0.1) is 6.92 Å². The van der Waals surface area contributed by atoms with Crippen LogP contribution in [0.15, 0.2) is 5.38 Å². The molecule has 94 valence electrons. The van der Waals surface area contributed by atoms with Gasteiger partial charge >= 0.3 is 5.97 Å². The zero-order valence-electron chi connectivity index (χ0n) is 9.76. The lowest BCUT2D eigenvalue weighted by atomic mass is 10.1. The third-order valence-electron chi connectivity index (χ3n) is 2.78. The predicted octanol–water partition coefficient (Wildman–Crippen LogP) is 1.30. The Bertz CT molecular complexity index is 388. The number of nitrogens with zero attached hydrogens (tertiary/aromatic N) is 2. The van der Waals surface area contributed by atoms with Crippen LogP contribution in [-0.4, -0.2) is 47.3 Å². The molecule has 5 nitrogen and oxygen atoms in total. The van der Waals surface area contributed by atoms with Crippen LogP contribution in [0.25, 0.3) is 0 Å². The highest BCUT2D eigenvalue weighted by Crippen LogP contribution is 2.27. The zero-order valence-corrected chi connectivity index (χ0v) is 10.6. The molecule has 1 unspecified atom stereocenters. The van der Waals surface area contributed by atoms with Crippen molar-refractivity contribution in [1.29, 1.82) is 0 Å². The first kappa shape index (κ1) is 12.5. The summed E-state index contributed by atoms with van der Waals surface area (Å²) < 4.78 is 5.29. The molecule has 1 aromatic rings. The van der Waals surface area contributed by atoms with Gasteiger partial charge in [0.25, 0.3) is 0 Å². The van der Waals surface area contributed by atoms with Gasteiger partial charge < -0.3 is 9.84 Å². The number of hydrogen-bond acceptors (Lipinski definition) is 5. The van der Waals surface area contributed by atoms with Crippen molar-refractivity contribution in [3.8, 4) is 0 Å². The van der Waals surface area contributed by atoms with E-state index in [2.05, 4.69) is 9.88 Å². The van der Waals surface area contributed by atoms with Gasteiger partial charge in [-0.2, -0.15) is 0 Å². The van der Waals surface area contributed by atoms with Gasteiger partial charge in [-0.1, -0.05) is 0 Å². The lowest BCUT2D eigenvalue weighted by Gasteiger charge is -2.32. The molecule has 0 aliphatic carbocycles. The fourth-order valence-electron chi connectivity index (χ4n) is 1.95. The Balaban J connectivity index is 2.14. The Morgan fingerprint density at radius 1 is 1.65 bits per heavy atom. The zero-order chi connectivity index (χ0) is 12.3. The lowest BCUT2D eigenvalue weighted by molar-refractivity contribution is -0.139. The van der Waals surface area contributed by atoms with Crippen molar-refractivity contribution in [3.63, 3.8) is 0 Å². The lowest BCUT2D eigenvalue weighted by Crippen LogP contribution is -2.39. The van der Waals surface area contributed by atoms with Gasteiger partial charge in [-0.3, -0.25) is 9.69 Å². The van der Waals surface area contributed by atoms with Gasteiger partial charge in [0.2, 0.25) is 0 Å². The van der Waals surface area contributed by atoms with Gasteiger partial charge in [-0.15, -0.1) is 11.3 Å². The number of thiazole rings is 1. The van der Waals surface area contributed by atoms with Gasteiger partial charge in [0, 0.05) is 24.2 Å². The van der Waals surface area contributed by atoms with Crippen molar-refractivity contribution >= 4 is 17.3 Å². The van der Waals surface area contributed by atoms with E-state index in [1.807, 2.05) is 12.3 Å². The average Bonchev–Trinajstić information content (AvgIpc) is 2.73. The second kappa shape index (κ2) is 5.57. The maximum Gasteiger partial charge on any atom is 0.305 e. The molecule has 2 heterocycles. The Morgan fingerprint density at radius 3 is 2.88 bits per heavy atom. The predicted molar refractivity (Wildman–Crippen MR) is 64.2 cm³/mol. The first-order valence-electron chi connectivity index (χ1n) is 5.62. The number of aliphatic carboxylic acids is 1. The smallest absolute Gasteiger partial charge is 0.305 e. The molecule has 0 bridgehead atoms. The number of aromatic nitrogens is 1. The topological polar surface area (TPSA) is 62.7 Å². The number of morpholine rings is 1. The Morgan fingerprint density at radius 2 is 2.35 bits per heavy atom. The minimum atomic E-state index is -0.783. The van der Waals surface area contributed by atoms with E-state index in [1.165, 1.54) is 11.3 Å². The maximum absolute atomic E-state index is 11.0. The minimum absolute atomic E-state index is 0.104. The normalized spacial score (nSPS) is 19.1. The van der Waals surface area contributed by atoms with Gasteiger partial charge in [0.1, 0.15) is 5.01 Å². The Kier molecular flexibility index (Phi) is 4.09. The molecule has 1 atom stereocenters. The molecule has 0 saturated carbocycles. The highest BCUT2D eigenvalue weighted by atomic mass is 32.1. The van der Waals surface area contributed by atoms with Crippen molar-refractivity contribution in [1.82, 2.24) is 9.88 Å². The van der Waals surface area contributed by atoms with E-state index < -0.39 is 5.97 Å². The SMILES string of the molecule is Cc1csc(C(CC(=O)O)N2CCOCC2)n1. The fourth-order valence-corrected chi connectivity index (χ4v) is 2.88. The molecular formula is C11H16N2O3S. The number of carbonyl (C=O) groups is 1. The molecule has 0 radical (unpaired) electrons. The highest BCUT2D eigenvalue weighted by Gasteiger charge is 2.27. The minimum Gasteiger partial charge on any atom is -0.481 e. The first-order chi connectivity index (χ1) is 8.16. The molecule has 0 aromatic carbocycles. The summed E-state index contributed by atoms with van der Waals surface area (Å²) in [5.41, 5.74) is 0.952. The number of carboxylic acid groups (broad SMARTS) is 1. The maximum atomic E-state index is 11.0. The summed E-state index contributed by atoms with van der Waals surface area (Å²) >= 11 is 1.54. The number of rotatable bonds is 4. The van der Waals surface area contributed by atoms with Crippen molar-refractivity contribution in [2.45, 2.75) is 19.4 Å². The monoisotopic (exact) mass is 256 g/mol. The molecule has 6 heteroatoms. The Hall–Kier alpha value is -0.980. The van der Waals surface area contributed by atoms with E-state index >= 15 is 0 Å². The molecule has 1 N–H and O–H groups in total. The third kappa shape index (κ3) is 3.24. The van der Waals surface area contributed by atoms with Gasteiger partial charge in [-0.25, -0.2) is 4.98 Å². The molecule has 0 spiro atoms. The summed E-state index contributed by atoms with van der Waals surface area (Å²) in [7, 11) is 0. The molecule has 1 fully saturated rings. The summed E-state index contributed by atoms with van der Waals surface area (Å²) in [6, 6.07) is -0.116. The quantitative estimate of drug-likeness (QED) is 0.879. The second-order valence-corrected chi connectivity index (χ2v) is 4.98. The summed E-state index contributed by atoms with van der Waals surface area (Å²) in [4.78, 5) is 17.5. The van der Waals surface area contributed by atoms with Crippen LogP contribution < -0.4 is 0 Å². The summed E-state index contributed by atoms with van der Waals surface area (Å²) in [5.74, 6) is -0.783. The molecule has 17 heavy (non-hydrogen) atoms. The molecule has 1 aliphatic heterocycles. The van der Waals surface area contributed by atoms with E-state index in [0.717, 1.165) is 23.8 Å². The summed E-state index contributed by atoms with van der Waals surface area (Å²) in [6.45, 7) is 4.81. The molecular weight excluding hydrogens is 240 g/mol. The summed E-state index contributed by atoms with van der Waals surface area (Å²) in [5, 5.41) is 11.9. The van der Waals surface area contributed by atoms with E-state index in [4.69, 9.17) is 9.84 Å². The Labute approximate surface area is 104 Å². The van der Waals surface area contributed by atoms with Crippen LogP contribution in [-0.2, 0) is 9.53 Å². The van der Waals surface area contributed by atoms with Crippen LogP contribution in [0.1, 0.15) is 23.2 Å². The van der Waals surface area contributed by atoms with Crippen LogP contribution in [0.3, 0.4) is 0 Å².